The molecule has 1 heterocycles. The van der Waals surface area contributed by atoms with Gasteiger partial charge < -0.3 is 5.11 Å². The number of hydrogen-bond acceptors (Lipinski definition) is 3. The molecule has 0 unspecified atom stereocenters. The number of benzene rings is 1. The van der Waals surface area contributed by atoms with Gasteiger partial charge in [-0.1, -0.05) is 6.07 Å². The van der Waals surface area contributed by atoms with Crippen LogP contribution in [0.3, 0.4) is 0 Å². The molecule has 0 fully saturated rings. The van der Waals surface area contributed by atoms with Gasteiger partial charge in [-0.15, -0.1) is 0 Å². The van der Waals surface area contributed by atoms with E-state index in [1.165, 1.54) is 30.5 Å². The Morgan fingerprint density at radius 3 is 2.76 bits per heavy atom. The molecule has 0 saturated heterocycles. The number of hydrogen-bond donors (Lipinski definition) is 1. The van der Waals surface area contributed by atoms with Crippen molar-refractivity contribution in [2.24, 2.45) is 0 Å². The lowest BCUT2D eigenvalue weighted by Crippen LogP contribution is -2.02. The lowest BCUT2D eigenvalue weighted by Gasteiger charge is -2.04. The first-order valence-electron chi connectivity index (χ1n) is 4.60. The Hall–Kier alpha value is -2.01. The maximum Gasteiger partial charge on any atom is 0.338 e. The molecule has 0 aliphatic rings. The van der Waals surface area contributed by atoms with E-state index >= 15 is 0 Å². The largest absolute Gasteiger partial charge is 0.478 e. The smallest absolute Gasteiger partial charge is 0.338 e. The average Bonchev–Trinajstić information content (AvgIpc) is 2.29. The molecule has 17 heavy (non-hydrogen) atoms. The predicted molar refractivity (Wildman–Crippen MR) is 59.4 cm³/mol. The maximum atomic E-state index is 13.9. The molecule has 86 valence electrons. The molecule has 0 saturated carbocycles. The van der Waals surface area contributed by atoms with Gasteiger partial charge in [-0.05, 0) is 29.8 Å². The summed E-state index contributed by atoms with van der Waals surface area (Å²) in [5, 5.41) is 8.77. The highest BCUT2D eigenvalue weighted by Crippen LogP contribution is 2.23. The van der Waals surface area contributed by atoms with E-state index in [4.69, 9.17) is 16.7 Å². The number of rotatable bonds is 2. The molecule has 0 aliphatic carbocycles. The zero-order valence-corrected chi connectivity index (χ0v) is 9.15. The molecule has 0 amide bonds. The van der Waals surface area contributed by atoms with Gasteiger partial charge in [-0.3, -0.25) is 0 Å². The summed E-state index contributed by atoms with van der Waals surface area (Å²) >= 11 is 5.59. The number of halogens is 2. The Kier molecular flexibility index (Phi) is 3.01. The van der Waals surface area contributed by atoms with Crippen molar-refractivity contribution in [1.82, 2.24) is 9.97 Å². The Balaban J connectivity index is 2.60. The minimum absolute atomic E-state index is 0.0253. The molecular weight excluding hydrogens is 247 g/mol. The van der Waals surface area contributed by atoms with E-state index in [2.05, 4.69) is 9.97 Å². The molecule has 0 bridgehead atoms. The predicted octanol–water partition coefficient (Wildman–Crippen LogP) is 2.63. The van der Waals surface area contributed by atoms with Crippen LogP contribution < -0.4 is 0 Å². The lowest BCUT2D eigenvalue weighted by molar-refractivity contribution is 0.0692. The zero-order valence-electron chi connectivity index (χ0n) is 8.39. The van der Waals surface area contributed by atoms with Crippen LogP contribution in [0.2, 0.25) is 5.28 Å². The monoisotopic (exact) mass is 252 g/mol. The second-order valence-electron chi connectivity index (χ2n) is 3.18. The third-order valence-corrected chi connectivity index (χ3v) is 2.31. The van der Waals surface area contributed by atoms with E-state index in [-0.39, 0.29) is 16.5 Å². The van der Waals surface area contributed by atoms with Gasteiger partial charge in [-0.2, -0.15) is 0 Å². The van der Waals surface area contributed by atoms with Crippen LogP contribution in [0.1, 0.15) is 10.4 Å². The Bertz CT molecular complexity index is 589. The van der Waals surface area contributed by atoms with Crippen LogP contribution in [0, 0.1) is 5.82 Å². The number of carboxylic acid groups (broad SMARTS) is 1. The highest BCUT2D eigenvalue weighted by atomic mass is 35.5. The molecule has 4 nitrogen and oxygen atoms in total. The van der Waals surface area contributed by atoms with Crippen LogP contribution in [0.15, 0.2) is 30.5 Å². The average molecular weight is 253 g/mol. The molecule has 2 rings (SSSR count). The summed E-state index contributed by atoms with van der Waals surface area (Å²) in [5.74, 6) is -2.17. The summed E-state index contributed by atoms with van der Waals surface area (Å²) in [6, 6.07) is 5.51. The van der Waals surface area contributed by atoms with Crippen molar-refractivity contribution in [2.45, 2.75) is 0 Å². The van der Waals surface area contributed by atoms with Crippen LogP contribution in [-0.2, 0) is 0 Å². The molecular formula is C11H6ClFN2O2. The van der Waals surface area contributed by atoms with Gasteiger partial charge in [0.2, 0.25) is 5.28 Å². The van der Waals surface area contributed by atoms with Gasteiger partial charge in [-0.25, -0.2) is 19.2 Å². The third kappa shape index (κ3) is 2.24. The van der Waals surface area contributed by atoms with Crippen molar-refractivity contribution in [3.63, 3.8) is 0 Å². The highest BCUT2D eigenvalue weighted by molar-refractivity contribution is 6.28. The summed E-state index contributed by atoms with van der Waals surface area (Å²) in [6.07, 6.45) is 1.37. The van der Waals surface area contributed by atoms with Crippen molar-refractivity contribution >= 4 is 17.6 Å². The van der Waals surface area contributed by atoms with Gasteiger partial charge in [0.25, 0.3) is 0 Å². The Morgan fingerprint density at radius 2 is 2.12 bits per heavy atom. The SMILES string of the molecule is O=C(O)c1cccc(-c2ccnc(Cl)n2)c1F. The van der Waals surface area contributed by atoms with Crippen LogP contribution in [0.4, 0.5) is 4.39 Å². The van der Waals surface area contributed by atoms with Crippen molar-refractivity contribution in [3.05, 3.63) is 47.1 Å². The van der Waals surface area contributed by atoms with Crippen molar-refractivity contribution in [1.29, 1.82) is 0 Å². The molecule has 0 spiro atoms. The van der Waals surface area contributed by atoms with Crippen molar-refractivity contribution < 1.29 is 14.3 Å². The van der Waals surface area contributed by atoms with Crippen LogP contribution in [-0.4, -0.2) is 21.0 Å². The van der Waals surface area contributed by atoms with Gasteiger partial charge in [0.1, 0.15) is 5.82 Å². The minimum atomic E-state index is -1.33. The molecule has 6 heteroatoms. The van der Waals surface area contributed by atoms with Gasteiger partial charge in [0.15, 0.2) is 0 Å². The molecule has 0 atom stereocenters. The van der Waals surface area contributed by atoms with Crippen LogP contribution in [0.25, 0.3) is 11.3 Å². The fraction of sp³-hybridized carbons (Fsp3) is 0. The summed E-state index contributed by atoms with van der Waals surface area (Å²) in [7, 11) is 0. The molecule has 1 aromatic heterocycles. The van der Waals surface area contributed by atoms with Crippen LogP contribution >= 0.6 is 11.6 Å². The first-order chi connectivity index (χ1) is 8.09. The zero-order chi connectivity index (χ0) is 12.4. The van der Waals surface area contributed by atoms with Crippen molar-refractivity contribution in [3.8, 4) is 11.3 Å². The summed E-state index contributed by atoms with van der Waals surface area (Å²) in [6.45, 7) is 0. The molecule has 1 N–H and O–H groups in total. The number of aromatic nitrogens is 2. The topological polar surface area (TPSA) is 63.1 Å². The number of aromatic carboxylic acids is 1. The summed E-state index contributed by atoms with van der Waals surface area (Å²) < 4.78 is 13.9. The number of nitrogens with zero attached hydrogens (tertiary/aromatic N) is 2. The van der Waals surface area contributed by atoms with Crippen LogP contribution in [0.5, 0.6) is 0 Å². The van der Waals surface area contributed by atoms with Gasteiger partial charge >= 0.3 is 5.97 Å². The van der Waals surface area contributed by atoms with Gasteiger partial charge in [0, 0.05) is 11.8 Å². The quantitative estimate of drug-likeness (QED) is 0.835. The first-order valence-corrected chi connectivity index (χ1v) is 4.98. The van der Waals surface area contributed by atoms with E-state index in [0.717, 1.165) is 0 Å². The maximum absolute atomic E-state index is 13.9. The fourth-order valence-corrected chi connectivity index (χ4v) is 1.53. The second kappa shape index (κ2) is 4.47. The lowest BCUT2D eigenvalue weighted by atomic mass is 10.1. The number of carbonyl (C=O) groups is 1. The standard InChI is InChI=1S/C11H6ClFN2O2/c12-11-14-5-4-8(15-11)6-2-1-3-7(9(6)13)10(16)17/h1-5H,(H,16,17). The summed E-state index contributed by atoms with van der Waals surface area (Å²) in [5.41, 5.74) is -0.0861. The minimum Gasteiger partial charge on any atom is -0.478 e. The normalized spacial score (nSPS) is 10.2. The second-order valence-corrected chi connectivity index (χ2v) is 3.52. The first kappa shape index (κ1) is 11.5. The molecule has 0 radical (unpaired) electrons. The third-order valence-electron chi connectivity index (χ3n) is 2.13. The Labute approximate surface area is 101 Å². The summed E-state index contributed by atoms with van der Waals surface area (Å²) in [4.78, 5) is 18.3. The number of carboxylic acids is 1. The van der Waals surface area contributed by atoms with E-state index in [9.17, 15) is 9.18 Å². The molecule has 2 aromatic rings. The van der Waals surface area contributed by atoms with E-state index < -0.39 is 17.3 Å². The Morgan fingerprint density at radius 1 is 1.35 bits per heavy atom. The van der Waals surface area contributed by atoms with E-state index in [0.29, 0.717) is 0 Å². The highest BCUT2D eigenvalue weighted by Gasteiger charge is 2.15. The fourth-order valence-electron chi connectivity index (χ4n) is 1.38. The van der Waals surface area contributed by atoms with E-state index in [1.807, 2.05) is 0 Å². The molecule has 1 aromatic carbocycles. The van der Waals surface area contributed by atoms with Crippen molar-refractivity contribution in [2.75, 3.05) is 0 Å². The van der Waals surface area contributed by atoms with E-state index in [1.54, 1.807) is 0 Å². The van der Waals surface area contributed by atoms with Gasteiger partial charge in [0.05, 0.1) is 11.3 Å². The molecule has 0 aliphatic heterocycles.